The van der Waals surface area contributed by atoms with E-state index in [9.17, 15) is 0 Å². The number of rotatable bonds is 8. The summed E-state index contributed by atoms with van der Waals surface area (Å²) in [7, 11) is 1.69. The zero-order valence-corrected chi connectivity index (χ0v) is 17.5. The zero-order chi connectivity index (χ0) is 20.6. The number of aromatic nitrogens is 3. The molecule has 0 amide bonds. The molecule has 0 saturated heterocycles. The summed E-state index contributed by atoms with van der Waals surface area (Å²) in [5.74, 6) is 2.71. The minimum atomic E-state index is 0.336. The molecule has 2 N–H and O–H groups in total. The van der Waals surface area contributed by atoms with E-state index in [-0.39, 0.29) is 0 Å². The maximum atomic E-state index is 6.01. The number of nitrogens with one attached hydrogen (secondary N) is 2. The molecule has 0 aliphatic rings. The van der Waals surface area contributed by atoms with Gasteiger partial charge in [0.05, 0.1) is 18.8 Å². The fourth-order valence-electron chi connectivity index (χ4n) is 2.93. The molecule has 3 rings (SSSR count). The van der Waals surface area contributed by atoms with Crippen LogP contribution in [0.2, 0.25) is 5.02 Å². The molecule has 0 fully saturated rings. The van der Waals surface area contributed by atoms with Gasteiger partial charge in [-0.3, -0.25) is 4.99 Å². The molecule has 0 aliphatic carbocycles. The first-order valence-electron chi connectivity index (χ1n) is 9.61. The molecule has 0 aliphatic heterocycles. The van der Waals surface area contributed by atoms with E-state index >= 15 is 0 Å². The number of nitrogens with zero attached hydrogens (tertiary/aromatic N) is 4. The smallest absolute Gasteiger partial charge is 0.246 e. The molecule has 0 unspecified atom stereocenters. The van der Waals surface area contributed by atoms with Gasteiger partial charge in [-0.05, 0) is 25.0 Å². The van der Waals surface area contributed by atoms with Crippen LogP contribution in [-0.2, 0) is 13.1 Å². The third-order valence-corrected chi connectivity index (χ3v) is 4.83. The normalized spacial score (nSPS) is 11.8. The Hall–Kier alpha value is -2.87. The van der Waals surface area contributed by atoms with Crippen LogP contribution in [0, 0.1) is 0 Å². The van der Waals surface area contributed by atoms with Crippen LogP contribution in [-0.4, -0.2) is 28.3 Å². The fraction of sp³-hybridized carbons (Fsp3) is 0.400. The van der Waals surface area contributed by atoms with Crippen molar-refractivity contribution in [2.24, 2.45) is 4.99 Å². The van der Waals surface area contributed by atoms with Crippen molar-refractivity contribution in [2.45, 2.75) is 45.7 Å². The molecule has 8 nitrogen and oxygen atoms in total. The molecule has 154 valence electrons. The summed E-state index contributed by atoms with van der Waals surface area (Å²) in [6.07, 6.45) is 2.08. The van der Waals surface area contributed by atoms with E-state index in [2.05, 4.69) is 44.8 Å². The van der Waals surface area contributed by atoms with Gasteiger partial charge in [0.1, 0.15) is 0 Å². The van der Waals surface area contributed by atoms with Crippen LogP contribution in [0.5, 0.6) is 0 Å². The second-order valence-electron chi connectivity index (χ2n) is 6.53. The summed E-state index contributed by atoms with van der Waals surface area (Å²) in [6.45, 7) is 5.12. The predicted molar refractivity (Wildman–Crippen MR) is 112 cm³/mol. The molecule has 0 saturated carbocycles. The molecule has 0 radical (unpaired) electrons. The van der Waals surface area contributed by atoms with Crippen molar-refractivity contribution >= 4 is 17.6 Å². The summed E-state index contributed by atoms with van der Waals surface area (Å²) in [5, 5.41) is 15.1. The second-order valence-corrected chi connectivity index (χ2v) is 6.97. The van der Waals surface area contributed by atoms with Crippen molar-refractivity contribution in [1.29, 1.82) is 0 Å². The number of guanidine groups is 1. The second kappa shape index (κ2) is 10.1. The number of benzene rings is 1. The SMILES string of the molecule is CCC(CC)c1cc(CNC(=NC)NCc2nc(-c3cccc(Cl)c3)no2)on1. The first kappa shape index (κ1) is 20.9. The Morgan fingerprint density at radius 2 is 1.90 bits per heavy atom. The lowest BCUT2D eigenvalue weighted by Crippen LogP contribution is -2.36. The maximum absolute atomic E-state index is 6.01. The molecule has 2 aromatic heterocycles. The van der Waals surface area contributed by atoms with Crippen molar-refractivity contribution < 1.29 is 9.05 Å². The minimum Gasteiger partial charge on any atom is -0.359 e. The van der Waals surface area contributed by atoms with E-state index in [1.165, 1.54) is 0 Å². The molecular formula is C20H25ClN6O2. The van der Waals surface area contributed by atoms with Crippen molar-refractivity contribution in [1.82, 2.24) is 25.9 Å². The van der Waals surface area contributed by atoms with Crippen LogP contribution >= 0.6 is 11.6 Å². The highest BCUT2D eigenvalue weighted by Crippen LogP contribution is 2.22. The van der Waals surface area contributed by atoms with Crippen LogP contribution in [0.3, 0.4) is 0 Å². The third-order valence-electron chi connectivity index (χ3n) is 4.59. The Morgan fingerprint density at radius 3 is 2.62 bits per heavy atom. The largest absolute Gasteiger partial charge is 0.359 e. The van der Waals surface area contributed by atoms with Crippen LogP contribution in [0.4, 0.5) is 0 Å². The van der Waals surface area contributed by atoms with Gasteiger partial charge in [-0.1, -0.05) is 47.9 Å². The van der Waals surface area contributed by atoms with Gasteiger partial charge in [0, 0.05) is 29.6 Å². The summed E-state index contributed by atoms with van der Waals surface area (Å²) in [4.78, 5) is 8.57. The molecule has 2 heterocycles. The summed E-state index contributed by atoms with van der Waals surface area (Å²) < 4.78 is 10.7. The van der Waals surface area contributed by atoms with Gasteiger partial charge in [0.15, 0.2) is 11.7 Å². The highest BCUT2D eigenvalue weighted by Gasteiger charge is 2.13. The van der Waals surface area contributed by atoms with Gasteiger partial charge in [-0.15, -0.1) is 0 Å². The van der Waals surface area contributed by atoms with Crippen molar-refractivity contribution in [3.8, 4) is 11.4 Å². The van der Waals surface area contributed by atoms with Gasteiger partial charge < -0.3 is 19.7 Å². The fourth-order valence-corrected chi connectivity index (χ4v) is 3.12. The molecule has 0 bridgehead atoms. The molecule has 0 atom stereocenters. The first-order chi connectivity index (χ1) is 14.1. The Kier molecular flexibility index (Phi) is 7.24. The summed E-state index contributed by atoms with van der Waals surface area (Å²) in [6, 6.07) is 9.30. The van der Waals surface area contributed by atoms with E-state index in [1.54, 1.807) is 19.2 Å². The lowest BCUT2D eigenvalue weighted by Gasteiger charge is -2.08. The van der Waals surface area contributed by atoms with Crippen molar-refractivity contribution in [3.63, 3.8) is 0 Å². The lowest BCUT2D eigenvalue weighted by atomic mass is 9.99. The topological polar surface area (TPSA) is 101 Å². The van der Waals surface area contributed by atoms with Crippen LogP contribution < -0.4 is 10.6 Å². The van der Waals surface area contributed by atoms with Crippen molar-refractivity contribution in [3.05, 3.63) is 52.7 Å². The quantitative estimate of drug-likeness (QED) is 0.420. The van der Waals surface area contributed by atoms with E-state index < -0.39 is 0 Å². The molecule has 1 aromatic carbocycles. The van der Waals surface area contributed by atoms with E-state index in [0.717, 1.165) is 29.9 Å². The number of hydrogen-bond donors (Lipinski definition) is 2. The van der Waals surface area contributed by atoms with Gasteiger partial charge in [-0.25, -0.2) is 0 Å². The standard InChI is InChI=1S/C20H25ClN6O2/c1-4-13(5-2)17-10-16(28-26-17)11-23-20(22-3)24-12-18-25-19(27-29-18)14-7-6-8-15(21)9-14/h6-10,13H,4-5,11-12H2,1-3H3,(H2,22,23,24). The first-order valence-corrected chi connectivity index (χ1v) is 9.99. The number of aliphatic imine (C=N–C) groups is 1. The van der Waals surface area contributed by atoms with E-state index in [1.807, 2.05) is 18.2 Å². The molecule has 29 heavy (non-hydrogen) atoms. The number of halogens is 1. The Labute approximate surface area is 174 Å². The summed E-state index contributed by atoms with van der Waals surface area (Å²) >= 11 is 6.01. The molecular weight excluding hydrogens is 392 g/mol. The molecule has 3 aromatic rings. The molecule has 9 heteroatoms. The zero-order valence-electron chi connectivity index (χ0n) is 16.8. The van der Waals surface area contributed by atoms with Gasteiger partial charge in [0.2, 0.25) is 11.7 Å². The third kappa shape index (κ3) is 5.57. The van der Waals surface area contributed by atoms with Gasteiger partial charge >= 0.3 is 0 Å². The van der Waals surface area contributed by atoms with Gasteiger partial charge in [0.25, 0.3) is 0 Å². The van der Waals surface area contributed by atoms with E-state index in [0.29, 0.717) is 41.7 Å². The Balaban J connectivity index is 1.52. The van der Waals surface area contributed by atoms with Gasteiger partial charge in [-0.2, -0.15) is 4.98 Å². The molecule has 0 spiro atoms. The maximum Gasteiger partial charge on any atom is 0.246 e. The average molecular weight is 417 g/mol. The Bertz CT molecular complexity index is 948. The van der Waals surface area contributed by atoms with Crippen LogP contribution in [0.25, 0.3) is 11.4 Å². The highest BCUT2D eigenvalue weighted by atomic mass is 35.5. The highest BCUT2D eigenvalue weighted by molar-refractivity contribution is 6.30. The Morgan fingerprint density at radius 1 is 1.10 bits per heavy atom. The lowest BCUT2D eigenvalue weighted by molar-refractivity contribution is 0.366. The van der Waals surface area contributed by atoms with Crippen LogP contribution in [0.15, 0.2) is 44.4 Å². The summed E-state index contributed by atoms with van der Waals surface area (Å²) in [5.41, 5.74) is 1.79. The monoisotopic (exact) mass is 416 g/mol. The predicted octanol–water partition coefficient (Wildman–Crippen LogP) is 4.15. The van der Waals surface area contributed by atoms with E-state index in [4.69, 9.17) is 20.6 Å². The minimum absolute atomic E-state index is 0.336. The van der Waals surface area contributed by atoms with Crippen molar-refractivity contribution in [2.75, 3.05) is 7.05 Å². The van der Waals surface area contributed by atoms with Crippen LogP contribution in [0.1, 0.15) is 50.0 Å². The average Bonchev–Trinajstić information content (AvgIpc) is 3.39. The number of hydrogen-bond acceptors (Lipinski definition) is 6.